The molecule has 2 atom stereocenters. The number of carbonyl (C=O) groups excluding carboxylic acids is 1. The Kier molecular flexibility index (Phi) is 4.41. The van der Waals surface area contributed by atoms with E-state index in [0.29, 0.717) is 13.0 Å². The minimum atomic E-state index is -0.179. The largest absolute Gasteiger partial charge is 0.493 e. The van der Waals surface area contributed by atoms with Crippen molar-refractivity contribution in [3.05, 3.63) is 29.8 Å². The summed E-state index contributed by atoms with van der Waals surface area (Å²) in [6.45, 7) is 3.80. The summed E-state index contributed by atoms with van der Waals surface area (Å²) >= 11 is 0. The van der Waals surface area contributed by atoms with Gasteiger partial charge >= 0.3 is 5.97 Å². The fraction of sp³-hybridized carbons (Fsp3) is 0.562. The van der Waals surface area contributed by atoms with Crippen LogP contribution in [-0.4, -0.2) is 50.9 Å². The fourth-order valence-corrected chi connectivity index (χ4v) is 3.22. The van der Waals surface area contributed by atoms with Gasteiger partial charge in [-0.15, -0.1) is 0 Å². The molecular weight excluding hydrogens is 270 g/mol. The molecule has 0 aromatic heterocycles. The van der Waals surface area contributed by atoms with Crippen LogP contribution < -0.4 is 4.74 Å². The first-order chi connectivity index (χ1) is 10.3. The molecule has 2 aliphatic heterocycles. The molecule has 0 radical (unpaired) electrons. The highest BCUT2D eigenvalue weighted by molar-refractivity contribution is 5.69. The Bertz CT molecular complexity index is 499. The molecule has 0 aliphatic carbocycles. The first-order valence-corrected chi connectivity index (χ1v) is 7.40. The van der Waals surface area contributed by atoms with E-state index in [9.17, 15) is 4.79 Å². The maximum Gasteiger partial charge on any atom is 0.305 e. The number of esters is 1. The number of carbonyl (C=O) groups is 1. The summed E-state index contributed by atoms with van der Waals surface area (Å²) in [5.74, 6) is 0.863. The maximum atomic E-state index is 11.7. The van der Waals surface area contributed by atoms with Crippen LogP contribution in [-0.2, 0) is 14.3 Å². The van der Waals surface area contributed by atoms with E-state index in [1.807, 2.05) is 18.2 Å². The third kappa shape index (κ3) is 3.04. The monoisotopic (exact) mass is 291 g/mol. The third-order valence-electron chi connectivity index (χ3n) is 4.23. The van der Waals surface area contributed by atoms with Gasteiger partial charge in [0.05, 0.1) is 33.4 Å². The van der Waals surface area contributed by atoms with E-state index >= 15 is 0 Å². The lowest BCUT2D eigenvalue weighted by Crippen LogP contribution is -2.45. The summed E-state index contributed by atoms with van der Waals surface area (Å²) in [5, 5.41) is 0. The van der Waals surface area contributed by atoms with Crippen LogP contribution in [0.25, 0.3) is 0 Å². The normalized spacial score (nSPS) is 25.8. The van der Waals surface area contributed by atoms with E-state index in [1.54, 1.807) is 0 Å². The first kappa shape index (κ1) is 14.4. The summed E-state index contributed by atoms with van der Waals surface area (Å²) in [6.07, 6.45) is 0.382. The molecular formula is C16H21NO4. The summed E-state index contributed by atoms with van der Waals surface area (Å²) in [5.41, 5.74) is 1.17. The van der Waals surface area contributed by atoms with Crippen molar-refractivity contribution >= 4 is 5.97 Å². The van der Waals surface area contributed by atoms with Crippen molar-refractivity contribution in [2.24, 2.45) is 5.92 Å². The molecule has 2 aliphatic rings. The Hall–Kier alpha value is -1.59. The zero-order valence-electron chi connectivity index (χ0n) is 12.3. The van der Waals surface area contributed by atoms with E-state index < -0.39 is 0 Å². The van der Waals surface area contributed by atoms with E-state index in [1.165, 1.54) is 12.7 Å². The second-order valence-corrected chi connectivity index (χ2v) is 5.48. The van der Waals surface area contributed by atoms with Gasteiger partial charge in [-0.25, -0.2) is 0 Å². The quantitative estimate of drug-likeness (QED) is 0.792. The molecule has 1 aromatic carbocycles. The zero-order valence-corrected chi connectivity index (χ0v) is 12.3. The van der Waals surface area contributed by atoms with Crippen molar-refractivity contribution in [1.82, 2.24) is 4.90 Å². The van der Waals surface area contributed by atoms with Crippen molar-refractivity contribution in [1.29, 1.82) is 0 Å². The van der Waals surface area contributed by atoms with Crippen LogP contribution in [0.5, 0.6) is 5.75 Å². The van der Waals surface area contributed by atoms with E-state index in [-0.39, 0.29) is 17.9 Å². The smallest absolute Gasteiger partial charge is 0.305 e. The Balaban J connectivity index is 1.88. The van der Waals surface area contributed by atoms with Gasteiger partial charge in [0, 0.05) is 30.6 Å². The van der Waals surface area contributed by atoms with Crippen LogP contribution in [0.15, 0.2) is 24.3 Å². The van der Waals surface area contributed by atoms with Crippen LogP contribution in [0.4, 0.5) is 0 Å². The number of ether oxygens (including phenoxy) is 3. The highest BCUT2D eigenvalue weighted by Crippen LogP contribution is 2.40. The van der Waals surface area contributed by atoms with Crippen LogP contribution in [0.3, 0.4) is 0 Å². The topological polar surface area (TPSA) is 48.0 Å². The molecule has 21 heavy (non-hydrogen) atoms. The van der Waals surface area contributed by atoms with Gasteiger partial charge in [-0.2, -0.15) is 0 Å². The summed E-state index contributed by atoms with van der Waals surface area (Å²) in [7, 11) is 1.43. The van der Waals surface area contributed by atoms with Gasteiger partial charge in [-0.3, -0.25) is 9.69 Å². The van der Waals surface area contributed by atoms with Crippen molar-refractivity contribution in [2.45, 2.75) is 12.5 Å². The molecule has 0 bridgehead atoms. The van der Waals surface area contributed by atoms with Gasteiger partial charge in [0.25, 0.3) is 0 Å². The van der Waals surface area contributed by atoms with Gasteiger partial charge in [0.1, 0.15) is 5.75 Å². The summed E-state index contributed by atoms with van der Waals surface area (Å²) in [4.78, 5) is 14.1. The van der Waals surface area contributed by atoms with Gasteiger partial charge in [-0.05, 0) is 6.07 Å². The fourth-order valence-electron chi connectivity index (χ4n) is 3.22. The number of hydrogen-bond donors (Lipinski definition) is 0. The van der Waals surface area contributed by atoms with Crippen molar-refractivity contribution in [2.75, 3.05) is 40.0 Å². The van der Waals surface area contributed by atoms with Crippen LogP contribution in [0, 0.1) is 5.92 Å². The molecule has 2 heterocycles. The second kappa shape index (κ2) is 6.45. The number of methoxy groups -OCH3 is 1. The Morgan fingerprint density at radius 3 is 2.86 bits per heavy atom. The van der Waals surface area contributed by atoms with Crippen molar-refractivity contribution in [3.63, 3.8) is 0 Å². The molecule has 0 saturated carbocycles. The molecule has 1 aromatic rings. The van der Waals surface area contributed by atoms with Crippen LogP contribution in [0.1, 0.15) is 18.0 Å². The highest BCUT2D eigenvalue weighted by Gasteiger charge is 2.37. The molecule has 114 valence electrons. The first-order valence-electron chi connectivity index (χ1n) is 7.40. The number of nitrogens with zero attached hydrogens (tertiary/aromatic N) is 1. The van der Waals surface area contributed by atoms with Crippen molar-refractivity contribution in [3.8, 4) is 5.75 Å². The Morgan fingerprint density at radius 1 is 1.33 bits per heavy atom. The third-order valence-corrected chi connectivity index (χ3v) is 4.23. The van der Waals surface area contributed by atoms with Gasteiger partial charge in [-0.1, -0.05) is 18.2 Å². The lowest BCUT2D eigenvalue weighted by molar-refractivity contribution is -0.143. The number of fused-ring (bicyclic) bond motifs is 1. The molecule has 0 N–H and O–H groups in total. The van der Waals surface area contributed by atoms with Crippen LogP contribution >= 0.6 is 0 Å². The van der Waals surface area contributed by atoms with E-state index in [2.05, 4.69) is 11.0 Å². The number of rotatable bonds is 3. The van der Waals surface area contributed by atoms with Gasteiger partial charge < -0.3 is 14.2 Å². The molecule has 0 unspecified atom stereocenters. The minimum absolute atomic E-state index is 0.116. The number of hydrogen-bond acceptors (Lipinski definition) is 5. The van der Waals surface area contributed by atoms with Crippen LogP contribution in [0.2, 0.25) is 0 Å². The Morgan fingerprint density at radius 2 is 2.10 bits per heavy atom. The van der Waals surface area contributed by atoms with Crippen molar-refractivity contribution < 1.29 is 19.0 Å². The lowest BCUT2D eigenvalue weighted by atomic mass is 9.86. The molecule has 3 rings (SSSR count). The van der Waals surface area contributed by atoms with Gasteiger partial charge in [0.15, 0.2) is 0 Å². The zero-order chi connectivity index (χ0) is 14.7. The van der Waals surface area contributed by atoms with E-state index in [0.717, 1.165) is 32.1 Å². The molecule has 0 spiro atoms. The molecule has 1 fully saturated rings. The summed E-state index contributed by atoms with van der Waals surface area (Å²) in [6, 6.07) is 8.29. The predicted molar refractivity (Wildman–Crippen MR) is 77.2 cm³/mol. The number of benzene rings is 1. The average molecular weight is 291 g/mol. The van der Waals surface area contributed by atoms with Gasteiger partial charge in [0.2, 0.25) is 0 Å². The molecule has 0 amide bonds. The Labute approximate surface area is 124 Å². The number of morpholine rings is 1. The highest BCUT2D eigenvalue weighted by atomic mass is 16.5. The second-order valence-electron chi connectivity index (χ2n) is 5.48. The molecule has 5 nitrogen and oxygen atoms in total. The number of para-hydroxylation sites is 1. The predicted octanol–water partition coefficient (Wildman–Crippen LogP) is 1.63. The molecule has 1 saturated heterocycles. The lowest BCUT2D eigenvalue weighted by Gasteiger charge is -2.42. The maximum absolute atomic E-state index is 11.7. The average Bonchev–Trinajstić information content (AvgIpc) is 2.55. The SMILES string of the molecule is COC(=O)C[C@@H]1COc2ccccc2[C@H]1N1CCOCC1. The van der Waals surface area contributed by atoms with E-state index in [4.69, 9.17) is 14.2 Å². The molecule has 5 heteroatoms. The minimum Gasteiger partial charge on any atom is -0.493 e. The summed E-state index contributed by atoms with van der Waals surface area (Å²) < 4.78 is 16.1. The standard InChI is InChI=1S/C16H21NO4/c1-19-15(18)10-12-11-21-14-5-3-2-4-13(14)16(12)17-6-8-20-9-7-17/h2-5,12,16H,6-11H2,1H3/t12-,16+/m1/s1.